The van der Waals surface area contributed by atoms with Gasteiger partial charge in [-0.15, -0.1) is 0 Å². The number of carbonyl (C=O) groups excluding carboxylic acids is 3. The first-order valence-corrected chi connectivity index (χ1v) is 18.2. The second-order valence-corrected chi connectivity index (χ2v) is 14.2. The van der Waals surface area contributed by atoms with Crippen molar-refractivity contribution in [2.24, 2.45) is 34.0 Å². The Bertz CT molecular complexity index is 1810. The summed E-state index contributed by atoms with van der Waals surface area (Å²) in [5.74, 6) is -0.441. The topological polar surface area (TPSA) is 172 Å². The van der Waals surface area contributed by atoms with Crippen LogP contribution in [-0.4, -0.2) is 56.4 Å². The lowest BCUT2D eigenvalue weighted by atomic mass is 9.78. The van der Waals surface area contributed by atoms with Crippen LogP contribution in [0, 0.1) is 11.8 Å². The first-order valence-electron chi connectivity index (χ1n) is 18.2. The van der Waals surface area contributed by atoms with Crippen LogP contribution < -0.4 is 32.7 Å². The van der Waals surface area contributed by atoms with E-state index < -0.39 is 18.0 Å². The molecule has 1 unspecified atom stereocenters. The minimum Gasteiger partial charge on any atom is -0.370 e. The summed E-state index contributed by atoms with van der Waals surface area (Å²) in [6, 6.07) is 30.2. The van der Waals surface area contributed by atoms with Crippen molar-refractivity contribution >= 4 is 35.2 Å². The molecule has 4 aromatic rings. The van der Waals surface area contributed by atoms with Crippen molar-refractivity contribution in [3.8, 4) is 0 Å². The molecule has 0 heterocycles. The van der Waals surface area contributed by atoms with Crippen molar-refractivity contribution in [3.05, 3.63) is 131 Å². The van der Waals surface area contributed by atoms with Crippen LogP contribution in [0.15, 0.2) is 108 Å². The molecule has 1 atom stereocenters. The van der Waals surface area contributed by atoms with Gasteiger partial charge in [0.2, 0.25) is 5.91 Å². The quantitative estimate of drug-likeness (QED) is 0.0873. The molecule has 11 heteroatoms. The number of para-hydroxylation sites is 1. The Morgan fingerprint density at radius 1 is 0.755 bits per heavy atom. The summed E-state index contributed by atoms with van der Waals surface area (Å²) < 4.78 is 0. The molecular weight excluding hydrogens is 665 g/mol. The van der Waals surface area contributed by atoms with Crippen LogP contribution >= 0.6 is 0 Å². The predicted octanol–water partition coefficient (Wildman–Crippen LogP) is 5.32. The van der Waals surface area contributed by atoms with Gasteiger partial charge in [-0.2, -0.15) is 0 Å². The van der Waals surface area contributed by atoms with Gasteiger partial charge in [0, 0.05) is 31.4 Å². The van der Waals surface area contributed by atoms with Gasteiger partial charge in [-0.1, -0.05) is 91.0 Å². The standard InChI is InChI=1S/C42H52N8O3/c1-49(2)27-30-19-17-28(18-20-30)25-33-15-10-16-35(37(33)48-41(43)44)38(40(52)50(3)34-23-21-29(22-24-34)26-46-42(45)53)47-39(51)36(31-11-6-4-7-12-31)32-13-8-5-9-14-32/h4-16,21-24,28,30,36,38H,17-20,25-27H2,1-3H3,(H,47,51)(H4,43,44,48)(H3,45,46,53). The smallest absolute Gasteiger partial charge is 0.312 e. The molecule has 1 saturated carbocycles. The molecule has 4 amide bonds. The largest absolute Gasteiger partial charge is 0.370 e. The van der Waals surface area contributed by atoms with Gasteiger partial charge >= 0.3 is 6.03 Å². The fourth-order valence-corrected chi connectivity index (χ4v) is 7.35. The number of anilines is 1. The predicted molar refractivity (Wildman–Crippen MR) is 212 cm³/mol. The number of amides is 4. The molecule has 0 bridgehead atoms. The fourth-order valence-electron chi connectivity index (χ4n) is 7.35. The molecule has 0 spiro atoms. The highest BCUT2D eigenvalue weighted by atomic mass is 16.2. The maximum atomic E-state index is 14.8. The molecule has 1 aliphatic rings. The third kappa shape index (κ3) is 10.4. The van der Waals surface area contributed by atoms with E-state index in [0.29, 0.717) is 28.8 Å². The van der Waals surface area contributed by atoms with E-state index in [9.17, 15) is 14.4 Å². The van der Waals surface area contributed by atoms with E-state index in [-0.39, 0.29) is 24.3 Å². The Morgan fingerprint density at radius 3 is 1.89 bits per heavy atom. The van der Waals surface area contributed by atoms with Gasteiger partial charge in [0.15, 0.2) is 5.96 Å². The van der Waals surface area contributed by atoms with Crippen molar-refractivity contribution in [3.63, 3.8) is 0 Å². The normalized spacial score (nSPS) is 16.1. The van der Waals surface area contributed by atoms with Crippen LogP contribution in [-0.2, 0) is 22.6 Å². The van der Waals surface area contributed by atoms with Crippen LogP contribution in [0.3, 0.4) is 0 Å². The number of urea groups is 1. The molecule has 4 aromatic carbocycles. The highest BCUT2D eigenvalue weighted by molar-refractivity contribution is 6.01. The summed E-state index contributed by atoms with van der Waals surface area (Å²) in [4.78, 5) is 49.0. The summed E-state index contributed by atoms with van der Waals surface area (Å²) in [5, 5.41) is 5.72. The van der Waals surface area contributed by atoms with Gasteiger partial charge < -0.3 is 37.6 Å². The van der Waals surface area contributed by atoms with E-state index in [0.717, 1.165) is 60.9 Å². The monoisotopic (exact) mass is 716 g/mol. The van der Waals surface area contributed by atoms with Crippen molar-refractivity contribution < 1.29 is 14.4 Å². The maximum Gasteiger partial charge on any atom is 0.312 e. The summed E-state index contributed by atoms with van der Waals surface area (Å²) in [5.41, 5.74) is 22.3. The van der Waals surface area contributed by atoms with Crippen LogP contribution in [0.5, 0.6) is 0 Å². The van der Waals surface area contributed by atoms with Crippen LogP contribution in [0.1, 0.15) is 65.5 Å². The number of nitrogens with one attached hydrogen (secondary N) is 2. The Balaban J connectivity index is 1.53. The van der Waals surface area contributed by atoms with Crippen molar-refractivity contribution in [2.75, 3.05) is 32.6 Å². The van der Waals surface area contributed by atoms with Crippen LogP contribution in [0.4, 0.5) is 16.2 Å². The van der Waals surface area contributed by atoms with E-state index in [1.807, 2.05) is 91.0 Å². The number of guanidine groups is 1. The highest BCUT2D eigenvalue weighted by Crippen LogP contribution is 2.38. The Morgan fingerprint density at radius 2 is 1.34 bits per heavy atom. The summed E-state index contributed by atoms with van der Waals surface area (Å²) >= 11 is 0. The molecular formula is C42H52N8O3. The lowest BCUT2D eigenvalue weighted by Crippen LogP contribution is -2.43. The first kappa shape index (κ1) is 38.5. The number of carbonyl (C=O) groups is 3. The number of primary amides is 1. The SMILES string of the molecule is CN(C)CC1CCC(Cc2cccc(C(NC(=O)C(c3ccccc3)c3ccccc3)C(=O)N(C)c3ccc(CNC(N)=O)cc3)c2N=C(N)N)CC1. The first-order chi connectivity index (χ1) is 25.5. The van der Waals surface area contributed by atoms with Gasteiger partial charge in [0.1, 0.15) is 6.04 Å². The molecule has 0 aliphatic heterocycles. The second-order valence-electron chi connectivity index (χ2n) is 14.2. The lowest BCUT2D eigenvalue weighted by Gasteiger charge is -2.31. The molecule has 278 valence electrons. The Kier molecular flexibility index (Phi) is 13.2. The number of nitrogens with zero attached hydrogens (tertiary/aromatic N) is 3. The van der Waals surface area contributed by atoms with Crippen molar-refractivity contribution in [2.45, 2.75) is 50.6 Å². The molecule has 11 nitrogen and oxygen atoms in total. The van der Waals surface area contributed by atoms with Crippen molar-refractivity contribution in [1.29, 1.82) is 0 Å². The zero-order valence-electron chi connectivity index (χ0n) is 30.9. The second kappa shape index (κ2) is 18.2. The number of benzene rings is 4. The van der Waals surface area contributed by atoms with E-state index in [1.165, 1.54) is 4.90 Å². The maximum absolute atomic E-state index is 14.8. The fraction of sp³-hybridized carbons (Fsp3) is 0.333. The number of likely N-dealkylation sites (N-methyl/N-ethyl adjacent to an activating group) is 1. The Hall–Kier alpha value is -5.68. The van der Waals surface area contributed by atoms with Gasteiger partial charge in [-0.25, -0.2) is 9.79 Å². The molecule has 0 radical (unpaired) electrons. The average Bonchev–Trinajstić information content (AvgIpc) is 3.15. The number of hydrogen-bond donors (Lipinski definition) is 5. The van der Waals surface area contributed by atoms with Crippen molar-refractivity contribution in [1.82, 2.24) is 15.5 Å². The zero-order chi connectivity index (χ0) is 37.9. The van der Waals surface area contributed by atoms with E-state index in [1.54, 1.807) is 19.2 Å². The van der Waals surface area contributed by atoms with E-state index in [4.69, 9.17) is 17.2 Å². The molecule has 8 N–H and O–H groups in total. The number of nitrogens with two attached hydrogens (primary N) is 3. The number of rotatable bonds is 14. The molecule has 1 aliphatic carbocycles. The summed E-state index contributed by atoms with van der Waals surface area (Å²) in [6.07, 6.45) is 5.23. The minimum atomic E-state index is -1.15. The van der Waals surface area contributed by atoms with Gasteiger partial charge in [-0.05, 0) is 92.4 Å². The molecule has 0 aromatic heterocycles. The van der Waals surface area contributed by atoms with Gasteiger partial charge in [-0.3, -0.25) is 9.59 Å². The van der Waals surface area contributed by atoms with Gasteiger partial charge in [0.05, 0.1) is 11.6 Å². The third-order valence-electron chi connectivity index (χ3n) is 9.98. The van der Waals surface area contributed by atoms with Crippen LogP contribution in [0.25, 0.3) is 0 Å². The van der Waals surface area contributed by atoms with E-state index in [2.05, 4.69) is 34.6 Å². The molecule has 0 saturated heterocycles. The third-order valence-corrected chi connectivity index (χ3v) is 9.98. The summed E-state index contributed by atoms with van der Waals surface area (Å²) in [7, 11) is 5.91. The zero-order valence-corrected chi connectivity index (χ0v) is 30.9. The molecule has 1 fully saturated rings. The van der Waals surface area contributed by atoms with Gasteiger partial charge in [0.25, 0.3) is 5.91 Å². The summed E-state index contributed by atoms with van der Waals surface area (Å²) in [6.45, 7) is 1.33. The van der Waals surface area contributed by atoms with Crippen LogP contribution in [0.2, 0.25) is 0 Å². The number of aliphatic imine (C=N–C) groups is 1. The lowest BCUT2D eigenvalue weighted by molar-refractivity contribution is -0.128. The highest BCUT2D eigenvalue weighted by Gasteiger charge is 2.33. The molecule has 5 rings (SSSR count). The number of hydrogen-bond acceptors (Lipinski definition) is 5. The average molecular weight is 717 g/mol. The van der Waals surface area contributed by atoms with E-state index >= 15 is 0 Å². The Labute approximate surface area is 312 Å². The minimum absolute atomic E-state index is 0.133. The molecule has 53 heavy (non-hydrogen) atoms.